The normalized spacial score (nSPS) is 18.7. The lowest BCUT2D eigenvalue weighted by atomic mass is 9.87. The number of hydrazine groups is 1. The fraction of sp³-hybridized carbons (Fsp3) is 0.250. The zero-order valence-electron chi connectivity index (χ0n) is 15.6. The molecule has 0 aromatic heterocycles. The van der Waals surface area contributed by atoms with Crippen molar-refractivity contribution < 1.29 is 19.1 Å². The summed E-state index contributed by atoms with van der Waals surface area (Å²) in [5.41, 5.74) is 1.93. The van der Waals surface area contributed by atoms with Crippen LogP contribution in [-0.2, 0) is 15.1 Å². The number of rotatable bonds is 7. The van der Waals surface area contributed by atoms with Crippen molar-refractivity contribution in [3.05, 3.63) is 60.2 Å². The molecule has 28 heavy (non-hydrogen) atoms. The van der Waals surface area contributed by atoms with E-state index in [2.05, 4.69) is 10.7 Å². The van der Waals surface area contributed by atoms with Crippen molar-refractivity contribution in [1.29, 1.82) is 0 Å². The third-order valence-electron chi connectivity index (χ3n) is 4.55. The minimum atomic E-state index is -1.17. The highest BCUT2D eigenvalue weighted by Gasteiger charge is 2.52. The smallest absolute Gasteiger partial charge is 0.344 e. The van der Waals surface area contributed by atoms with Gasteiger partial charge in [0, 0.05) is 4.90 Å². The van der Waals surface area contributed by atoms with Crippen LogP contribution in [0.25, 0.3) is 0 Å². The number of carbonyl (C=O) groups excluding carboxylic acids is 3. The van der Waals surface area contributed by atoms with Crippen LogP contribution in [0, 0.1) is 0 Å². The SMILES string of the molecule is CC[C@]1(c2ccccc2)NC(=O)N(NC(=O)CSc2ccc(OC)cc2)C1=O. The predicted molar refractivity (Wildman–Crippen MR) is 106 cm³/mol. The molecular formula is C20H21N3O4S. The summed E-state index contributed by atoms with van der Waals surface area (Å²) in [6.07, 6.45) is 0.370. The monoisotopic (exact) mass is 399 g/mol. The first-order valence-corrected chi connectivity index (χ1v) is 9.77. The Bertz CT molecular complexity index is 873. The molecule has 1 saturated heterocycles. The Morgan fingerprint density at radius 2 is 1.82 bits per heavy atom. The minimum absolute atomic E-state index is 0.0633. The van der Waals surface area contributed by atoms with Crippen molar-refractivity contribution in [1.82, 2.24) is 15.8 Å². The topological polar surface area (TPSA) is 87.7 Å². The Balaban J connectivity index is 1.65. The first-order chi connectivity index (χ1) is 13.5. The third kappa shape index (κ3) is 3.82. The number of nitrogens with one attached hydrogen (secondary N) is 2. The van der Waals surface area contributed by atoms with Crippen molar-refractivity contribution in [2.45, 2.75) is 23.8 Å². The van der Waals surface area contributed by atoms with Gasteiger partial charge in [0.25, 0.3) is 5.91 Å². The van der Waals surface area contributed by atoms with E-state index in [0.717, 1.165) is 15.7 Å². The molecule has 4 amide bonds. The maximum atomic E-state index is 13.0. The highest BCUT2D eigenvalue weighted by atomic mass is 32.2. The van der Waals surface area contributed by atoms with E-state index >= 15 is 0 Å². The van der Waals surface area contributed by atoms with Crippen LogP contribution in [0.3, 0.4) is 0 Å². The first-order valence-electron chi connectivity index (χ1n) is 8.78. The van der Waals surface area contributed by atoms with Crippen LogP contribution in [0.1, 0.15) is 18.9 Å². The second-order valence-electron chi connectivity index (χ2n) is 6.19. The van der Waals surface area contributed by atoms with E-state index in [1.54, 1.807) is 43.5 Å². The Morgan fingerprint density at radius 1 is 1.14 bits per heavy atom. The van der Waals surface area contributed by atoms with Gasteiger partial charge >= 0.3 is 6.03 Å². The molecule has 0 aliphatic carbocycles. The molecule has 1 aliphatic heterocycles. The van der Waals surface area contributed by atoms with Crippen molar-refractivity contribution in [3.8, 4) is 5.75 Å². The quantitative estimate of drug-likeness (QED) is 0.552. The molecule has 2 aromatic rings. The summed E-state index contributed by atoms with van der Waals surface area (Å²) >= 11 is 1.30. The fourth-order valence-corrected chi connectivity index (χ4v) is 3.71. The van der Waals surface area contributed by atoms with Crippen LogP contribution in [0.5, 0.6) is 5.75 Å². The van der Waals surface area contributed by atoms with E-state index in [1.165, 1.54) is 11.8 Å². The van der Waals surface area contributed by atoms with Crippen LogP contribution in [0.4, 0.5) is 4.79 Å². The molecule has 3 rings (SSSR count). The lowest BCUT2D eigenvalue weighted by Crippen LogP contribution is -2.49. The molecule has 0 bridgehead atoms. The number of hydrogen-bond acceptors (Lipinski definition) is 5. The molecule has 0 spiro atoms. The molecule has 1 fully saturated rings. The average molecular weight is 399 g/mol. The summed E-state index contributed by atoms with van der Waals surface area (Å²) in [7, 11) is 1.58. The summed E-state index contributed by atoms with van der Waals surface area (Å²) in [6, 6.07) is 15.6. The van der Waals surface area contributed by atoms with Gasteiger partial charge in [0.1, 0.15) is 11.3 Å². The van der Waals surface area contributed by atoms with Gasteiger partial charge < -0.3 is 10.1 Å². The molecule has 146 valence electrons. The number of imide groups is 1. The summed E-state index contributed by atoms with van der Waals surface area (Å²) in [4.78, 5) is 38.5. The number of amides is 4. The molecule has 1 heterocycles. The van der Waals surface area contributed by atoms with E-state index in [-0.39, 0.29) is 5.75 Å². The van der Waals surface area contributed by atoms with Gasteiger partial charge in [-0.15, -0.1) is 11.8 Å². The number of hydrogen-bond donors (Lipinski definition) is 2. The highest BCUT2D eigenvalue weighted by Crippen LogP contribution is 2.31. The zero-order chi connectivity index (χ0) is 20.1. The molecule has 8 heteroatoms. The largest absolute Gasteiger partial charge is 0.497 e. The standard InChI is InChI=1S/C20H21N3O4S/c1-3-20(14-7-5-4-6-8-14)18(25)23(19(26)21-20)22-17(24)13-28-16-11-9-15(27-2)10-12-16/h4-12H,3,13H2,1-2H3,(H,21,26)(H,22,24)/t20-/m1/s1. The number of thioether (sulfide) groups is 1. The van der Waals surface area contributed by atoms with Crippen LogP contribution in [-0.4, -0.2) is 35.7 Å². The van der Waals surface area contributed by atoms with Gasteiger partial charge in [-0.3, -0.25) is 15.0 Å². The van der Waals surface area contributed by atoms with Gasteiger partial charge in [-0.2, -0.15) is 5.01 Å². The zero-order valence-corrected chi connectivity index (χ0v) is 16.4. The molecule has 0 saturated carbocycles. The van der Waals surface area contributed by atoms with E-state index in [0.29, 0.717) is 12.0 Å². The summed E-state index contributed by atoms with van der Waals surface area (Å²) < 4.78 is 5.10. The number of ether oxygens (including phenoxy) is 1. The molecule has 0 radical (unpaired) electrons. The molecule has 2 aromatic carbocycles. The molecule has 1 aliphatic rings. The Labute approximate surface area is 167 Å². The summed E-state index contributed by atoms with van der Waals surface area (Å²) in [5, 5.41) is 3.50. The Hall–Kier alpha value is -3.00. The average Bonchev–Trinajstić information content (AvgIpc) is 2.98. The number of methoxy groups -OCH3 is 1. The van der Waals surface area contributed by atoms with Gasteiger partial charge in [0.05, 0.1) is 12.9 Å². The van der Waals surface area contributed by atoms with Crippen molar-refractivity contribution in [2.24, 2.45) is 0 Å². The van der Waals surface area contributed by atoms with Crippen molar-refractivity contribution in [2.75, 3.05) is 12.9 Å². The molecule has 2 N–H and O–H groups in total. The molecule has 1 atom stereocenters. The summed E-state index contributed by atoms with van der Waals surface area (Å²) in [6.45, 7) is 1.82. The van der Waals surface area contributed by atoms with E-state index in [4.69, 9.17) is 4.74 Å². The van der Waals surface area contributed by atoms with Gasteiger partial charge in [0.2, 0.25) is 5.91 Å². The van der Waals surface area contributed by atoms with Crippen molar-refractivity contribution >= 4 is 29.6 Å². The van der Waals surface area contributed by atoms with Crippen molar-refractivity contribution in [3.63, 3.8) is 0 Å². The molecule has 0 unspecified atom stereocenters. The van der Waals surface area contributed by atoms with Gasteiger partial charge in [0.15, 0.2) is 0 Å². The second kappa shape index (κ2) is 8.35. The van der Waals surface area contributed by atoms with Gasteiger partial charge in [-0.25, -0.2) is 4.79 Å². The van der Waals surface area contributed by atoms with Crippen LogP contribution in [0.2, 0.25) is 0 Å². The molecule has 7 nitrogen and oxygen atoms in total. The number of urea groups is 1. The highest BCUT2D eigenvalue weighted by molar-refractivity contribution is 8.00. The Kier molecular flexibility index (Phi) is 5.89. The number of nitrogens with zero attached hydrogens (tertiary/aromatic N) is 1. The lowest BCUT2D eigenvalue weighted by molar-refractivity contribution is -0.138. The van der Waals surface area contributed by atoms with Crippen LogP contribution >= 0.6 is 11.8 Å². The van der Waals surface area contributed by atoms with Crippen LogP contribution in [0.15, 0.2) is 59.5 Å². The molecular weight excluding hydrogens is 378 g/mol. The number of carbonyl (C=O) groups is 3. The Morgan fingerprint density at radius 3 is 2.43 bits per heavy atom. The second-order valence-corrected chi connectivity index (χ2v) is 7.24. The maximum absolute atomic E-state index is 13.0. The predicted octanol–water partition coefficient (Wildman–Crippen LogP) is 2.68. The lowest BCUT2D eigenvalue weighted by Gasteiger charge is -2.25. The maximum Gasteiger partial charge on any atom is 0.344 e. The van der Waals surface area contributed by atoms with Crippen LogP contribution < -0.4 is 15.5 Å². The third-order valence-corrected chi connectivity index (χ3v) is 5.57. The number of benzene rings is 2. The fourth-order valence-electron chi connectivity index (χ4n) is 3.02. The minimum Gasteiger partial charge on any atom is -0.497 e. The van der Waals surface area contributed by atoms with E-state index < -0.39 is 23.4 Å². The summed E-state index contributed by atoms with van der Waals surface area (Å²) in [5.74, 6) is -0.142. The van der Waals surface area contributed by atoms with E-state index in [9.17, 15) is 14.4 Å². The van der Waals surface area contributed by atoms with Gasteiger partial charge in [-0.1, -0.05) is 37.3 Å². The van der Waals surface area contributed by atoms with Gasteiger partial charge in [-0.05, 0) is 36.2 Å². The first kappa shape index (κ1) is 19.8. The van der Waals surface area contributed by atoms with E-state index in [1.807, 2.05) is 25.1 Å².